The van der Waals surface area contributed by atoms with E-state index in [-0.39, 0.29) is 28.8 Å². The number of benzene rings is 2. The van der Waals surface area contributed by atoms with E-state index in [9.17, 15) is 13.2 Å². The number of halogens is 1. The normalized spacial score (nSPS) is 15.3. The van der Waals surface area contributed by atoms with E-state index in [2.05, 4.69) is 19.6 Å². The molecular formula is C21H24ClN5O3S. The van der Waals surface area contributed by atoms with E-state index in [1.807, 2.05) is 24.3 Å². The first-order valence-corrected chi connectivity index (χ1v) is 12.0. The fraction of sp³-hybridized carbons (Fsp3) is 0.333. The molecule has 0 spiro atoms. The molecule has 0 saturated carbocycles. The number of hydrogen-bond acceptors (Lipinski definition) is 5. The van der Waals surface area contributed by atoms with E-state index < -0.39 is 10.0 Å². The van der Waals surface area contributed by atoms with Gasteiger partial charge in [0.1, 0.15) is 4.90 Å². The molecule has 1 saturated heterocycles. The quantitative estimate of drug-likeness (QED) is 0.588. The molecule has 31 heavy (non-hydrogen) atoms. The molecule has 164 valence electrons. The maximum Gasteiger partial charge on any atom is 0.242 e. The van der Waals surface area contributed by atoms with Crippen molar-refractivity contribution in [1.82, 2.24) is 19.6 Å². The third kappa shape index (κ3) is 5.00. The highest BCUT2D eigenvalue weighted by molar-refractivity contribution is 7.89. The van der Waals surface area contributed by atoms with E-state index in [1.54, 1.807) is 17.0 Å². The fourth-order valence-corrected chi connectivity index (χ4v) is 5.21. The van der Waals surface area contributed by atoms with Crippen LogP contribution in [0.2, 0.25) is 5.02 Å². The first-order chi connectivity index (χ1) is 14.9. The molecule has 1 aliphatic heterocycles. The molecule has 2 N–H and O–H groups in total. The second kappa shape index (κ2) is 9.25. The average Bonchev–Trinajstić information content (AvgIpc) is 3.03. The largest absolute Gasteiger partial charge is 0.341 e. The third-order valence-electron chi connectivity index (χ3n) is 5.28. The second-order valence-electron chi connectivity index (χ2n) is 7.38. The predicted molar refractivity (Wildman–Crippen MR) is 121 cm³/mol. The maximum absolute atomic E-state index is 12.6. The Morgan fingerprint density at radius 2 is 1.84 bits per heavy atom. The number of aromatic amines is 1. The monoisotopic (exact) mass is 461 g/mol. The van der Waals surface area contributed by atoms with Crippen molar-refractivity contribution in [3.63, 3.8) is 0 Å². The molecular weight excluding hydrogens is 438 g/mol. The zero-order valence-corrected chi connectivity index (χ0v) is 18.5. The SMILES string of the molecule is O=C(CCNS(=O)(=O)c1ccccc1Cl)N1CCCN(c2nc3ccccc3[nH]2)CC1. The number of nitrogens with zero attached hydrogens (tertiary/aromatic N) is 3. The lowest BCUT2D eigenvalue weighted by Gasteiger charge is -2.22. The molecule has 3 aromatic rings. The summed E-state index contributed by atoms with van der Waals surface area (Å²) in [5.41, 5.74) is 1.90. The minimum atomic E-state index is -3.76. The topological polar surface area (TPSA) is 98.4 Å². The van der Waals surface area contributed by atoms with Crippen molar-refractivity contribution < 1.29 is 13.2 Å². The van der Waals surface area contributed by atoms with Crippen LogP contribution in [0.3, 0.4) is 0 Å². The number of para-hydroxylation sites is 2. The van der Waals surface area contributed by atoms with Crippen molar-refractivity contribution in [2.45, 2.75) is 17.7 Å². The standard InChI is InChI=1S/C21H24ClN5O3S/c22-16-6-1-4-9-19(16)31(29,30)23-11-10-20(28)26-12-5-13-27(15-14-26)21-24-17-7-2-3-8-18(17)25-21/h1-4,6-9,23H,5,10-15H2,(H,24,25). The molecule has 10 heteroatoms. The fourth-order valence-electron chi connectivity index (χ4n) is 3.66. The number of sulfonamides is 1. The Morgan fingerprint density at radius 3 is 2.65 bits per heavy atom. The highest BCUT2D eigenvalue weighted by Crippen LogP contribution is 2.20. The van der Waals surface area contributed by atoms with Crippen molar-refractivity contribution in [2.75, 3.05) is 37.6 Å². The number of rotatable bonds is 6. The van der Waals surface area contributed by atoms with Gasteiger partial charge in [-0.05, 0) is 30.7 Å². The van der Waals surface area contributed by atoms with Gasteiger partial charge in [0, 0.05) is 39.1 Å². The van der Waals surface area contributed by atoms with Crippen molar-refractivity contribution in [3.8, 4) is 0 Å². The highest BCUT2D eigenvalue weighted by Gasteiger charge is 2.22. The van der Waals surface area contributed by atoms with Gasteiger partial charge in [-0.25, -0.2) is 18.1 Å². The molecule has 0 unspecified atom stereocenters. The van der Waals surface area contributed by atoms with Gasteiger partial charge in [-0.2, -0.15) is 0 Å². The Labute approximate surface area is 186 Å². The minimum Gasteiger partial charge on any atom is -0.341 e. The number of anilines is 1. The average molecular weight is 462 g/mol. The van der Waals surface area contributed by atoms with Crippen LogP contribution in [0.4, 0.5) is 5.95 Å². The van der Waals surface area contributed by atoms with Gasteiger partial charge in [0.25, 0.3) is 0 Å². The molecule has 0 aliphatic carbocycles. The van der Waals surface area contributed by atoms with Gasteiger partial charge in [0.05, 0.1) is 16.1 Å². The van der Waals surface area contributed by atoms with Crippen LogP contribution in [0.15, 0.2) is 53.4 Å². The molecule has 0 bridgehead atoms. The van der Waals surface area contributed by atoms with E-state index in [1.165, 1.54) is 12.1 Å². The smallest absolute Gasteiger partial charge is 0.242 e. The second-order valence-corrected chi connectivity index (χ2v) is 9.52. The van der Waals surface area contributed by atoms with Crippen LogP contribution in [0, 0.1) is 0 Å². The molecule has 1 aromatic heterocycles. The number of carbonyl (C=O) groups is 1. The van der Waals surface area contributed by atoms with Crippen LogP contribution in [-0.2, 0) is 14.8 Å². The van der Waals surface area contributed by atoms with E-state index in [0.29, 0.717) is 19.6 Å². The number of imidazole rings is 1. The van der Waals surface area contributed by atoms with E-state index in [4.69, 9.17) is 11.6 Å². The minimum absolute atomic E-state index is 0.0142. The summed E-state index contributed by atoms with van der Waals surface area (Å²) in [5, 5.41) is 0.152. The summed E-state index contributed by atoms with van der Waals surface area (Å²) in [6, 6.07) is 14.1. The summed E-state index contributed by atoms with van der Waals surface area (Å²) in [4.78, 5) is 24.6. The molecule has 1 fully saturated rings. The Balaban J connectivity index is 1.31. The van der Waals surface area contributed by atoms with Crippen molar-refractivity contribution in [2.24, 2.45) is 0 Å². The van der Waals surface area contributed by atoms with Gasteiger partial charge in [-0.1, -0.05) is 35.9 Å². The molecule has 0 radical (unpaired) electrons. The van der Waals surface area contributed by atoms with Crippen LogP contribution in [0.25, 0.3) is 11.0 Å². The first kappa shape index (κ1) is 21.6. The summed E-state index contributed by atoms with van der Waals surface area (Å²) >= 11 is 5.97. The van der Waals surface area contributed by atoms with E-state index in [0.717, 1.165) is 29.9 Å². The molecule has 0 atom stereocenters. The van der Waals surface area contributed by atoms with Crippen molar-refractivity contribution in [1.29, 1.82) is 0 Å². The van der Waals surface area contributed by atoms with Gasteiger partial charge < -0.3 is 14.8 Å². The van der Waals surface area contributed by atoms with Crippen molar-refractivity contribution in [3.05, 3.63) is 53.6 Å². The van der Waals surface area contributed by atoms with Gasteiger partial charge in [-0.15, -0.1) is 0 Å². The Bertz CT molecular complexity index is 1150. The van der Waals surface area contributed by atoms with Gasteiger partial charge in [0.15, 0.2) is 0 Å². The van der Waals surface area contributed by atoms with Crippen molar-refractivity contribution >= 4 is 44.5 Å². The number of carbonyl (C=O) groups excluding carboxylic acids is 1. The Kier molecular flexibility index (Phi) is 6.45. The number of fused-ring (bicyclic) bond motifs is 1. The molecule has 1 aliphatic rings. The third-order valence-corrected chi connectivity index (χ3v) is 7.24. The molecule has 8 nitrogen and oxygen atoms in total. The Hall–Kier alpha value is -2.62. The van der Waals surface area contributed by atoms with Crippen LogP contribution in [0.1, 0.15) is 12.8 Å². The Morgan fingerprint density at radius 1 is 1.06 bits per heavy atom. The summed E-state index contributed by atoms with van der Waals surface area (Å²) in [6.07, 6.45) is 0.905. The molecule has 4 rings (SSSR count). The molecule has 2 heterocycles. The number of hydrogen-bond donors (Lipinski definition) is 2. The number of H-pyrrole nitrogens is 1. The summed E-state index contributed by atoms with van der Waals surface area (Å²) in [7, 11) is -3.76. The molecule has 2 aromatic carbocycles. The summed E-state index contributed by atoms with van der Waals surface area (Å²) in [5.74, 6) is 0.733. The maximum atomic E-state index is 12.6. The van der Waals surface area contributed by atoms with E-state index >= 15 is 0 Å². The van der Waals surface area contributed by atoms with Crippen LogP contribution in [-0.4, -0.2) is 61.9 Å². The lowest BCUT2D eigenvalue weighted by Crippen LogP contribution is -2.37. The van der Waals surface area contributed by atoms with Crippen LogP contribution >= 0.6 is 11.6 Å². The lowest BCUT2D eigenvalue weighted by atomic mass is 10.3. The predicted octanol–water partition coefficient (Wildman–Crippen LogP) is 2.62. The van der Waals surface area contributed by atoms with Gasteiger partial charge >= 0.3 is 0 Å². The first-order valence-electron chi connectivity index (χ1n) is 10.2. The summed E-state index contributed by atoms with van der Waals surface area (Å²) in [6.45, 7) is 2.68. The van der Waals surface area contributed by atoms with Gasteiger partial charge in [0.2, 0.25) is 21.9 Å². The zero-order valence-electron chi connectivity index (χ0n) is 16.9. The van der Waals surface area contributed by atoms with Gasteiger partial charge in [-0.3, -0.25) is 4.79 Å². The highest BCUT2D eigenvalue weighted by atomic mass is 35.5. The number of amides is 1. The number of aromatic nitrogens is 2. The lowest BCUT2D eigenvalue weighted by molar-refractivity contribution is -0.130. The molecule has 1 amide bonds. The van der Waals surface area contributed by atoms with Crippen LogP contribution < -0.4 is 9.62 Å². The number of nitrogens with one attached hydrogen (secondary N) is 2. The van der Waals surface area contributed by atoms with Crippen LogP contribution in [0.5, 0.6) is 0 Å². The zero-order chi connectivity index (χ0) is 21.8. The summed E-state index contributed by atoms with van der Waals surface area (Å²) < 4.78 is 27.3.